The molecule has 0 N–H and O–H groups in total. The van der Waals surface area contributed by atoms with Crippen molar-refractivity contribution in [2.24, 2.45) is 0 Å². The van der Waals surface area contributed by atoms with Gasteiger partial charge in [0.25, 0.3) is 0 Å². The van der Waals surface area contributed by atoms with Gasteiger partial charge < -0.3 is 4.74 Å². The minimum atomic E-state index is -0.724. The molecular formula is C12H12ClIO3. The van der Waals surface area contributed by atoms with Crippen molar-refractivity contribution in [3.05, 3.63) is 32.9 Å². The van der Waals surface area contributed by atoms with Gasteiger partial charge >= 0.3 is 5.97 Å². The maximum absolute atomic E-state index is 11.6. The Morgan fingerprint density at radius 2 is 2.06 bits per heavy atom. The normalized spacial score (nSPS) is 12.0. The summed E-state index contributed by atoms with van der Waals surface area (Å²) >= 11 is 8.03. The van der Waals surface area contributed by atoms with E-state index < -0.39 is 11.3 Å². The molecule has 92 valence electrons. The minimum Gasteiger partial charge on any atom is -0.462 e. The monoisotopic (exact) mass is 366 g/mol. The summed E-state index contributed by atoms with van der Waals surface area (Å²) in [6.45, 7) is 3.48. The molecular weight excluding hydrogens is 354 g/mol. The quantitative estimate of drug-likeness (QED) is 0.466. The van der Waals surface area contributed by atoms with Crippen LogP contribution in [-0.4, -0.2) is 18.4 Å². The van der Waals surface area contributed by atoms with Crippen molar-refractivity contribution in [3.63, 3.8) is 0 Å². The van der Waals surface area contributed by atoms with Gasteiger partial charge in [0.2, 0.25) is 0 Å². The molecule has 0 aliphatic rings. The maximum atomic E-state index is 11.6. The summed E-state index contributed by atoms with van der Waals surface area (Å²) in [4.78, 5) is 22.8. The fourth-order valence-corrected chi connectivity index (χ4v) is 2.15. The molecule has 0 fully saturated rings. The first-order chi connectivity index (χ1) is 7.95. The smallest absolute Gasteiger partial charge is 0.338 e. The van der Waals surface area contributed by atoms with Crippen LogP contribution in [0.3, 0.4) is 0 Å². The van der Waals surface area contributed by atoms with Crippen LogP contribution >= 0.6 is 34.2 Å². The largest absolute Gasteiger partial charge is 0.462 e. The summed E-state index contributed by atoms with van der Waals surface area (Å²) in [6.07, 6.45) is 0. The molecule has 0 saturated heterocycles. The Hall–Kier alpha value is -0.620. The van der Waals surface area contributed by atoms with Crippen LogP contribution in [0.25, 0.3) is 0 Å². The number of carbonyl (C=O) groups is 2. The van der Waals surface area contributed by atoms with Gasteiger partial charge in [-0.25, -0.2) is 4.79 Å². The second-order valence-electron chi connectivity index (χ2n) is 3.47. The van der Waals surface area contributed by atoms with E-state index >= 15 is 0 Å². The van der Waals surface area contributed by atoms with E-state index in [4.69, 9.17) is 16.3 Å². The summed E-state index contributed by atoms with van der Waals surface area (Å²) in [7, 11) is 0. The van der Waals surface area contributed by atoms with Gasteiger partial charge in [0, 0.05) is 3.57 Å². The minimum absolute atomic E-state index is 0.150. The van der Waals surface area contributed by atoms with Crippen LogP contribution in [0.15, 0.2) is 18.2 Å². The van der Waals surface area contributed by atoms with Gasteiger partial charge in [-0.15, -0.1) is 11.6 Å². The van der Waals surface area contributed by atoms with E-state index in [1.54, 1.807) is 25.1 Å². The molecule has 0 saturated carbocycles. The summed E-state index contributed by atoms with van der Waals surface area (Å²) in [6, 6.07) is 5.08. The Morgan fingerprint density at radius 3 is 2.59 bits per heavy atom. The molecule has 0 bridgehead atoms. The molecule has 1 rings (SSSR count). The molecule has 1 aromatic carbocycles. The van der Waals surface area contributed by atoms with Crippen LogP contribution < -0.4 is 0 Å². The van der Waals surface area contributed by atoms with Crippen LogP contribution in [-0.2, 0) is 9.53 Å². The summed E-state index contributed by atoms with van der Waals surface area (Å²) < 4.78 is 5.75. The Kier molecular flexibility index (Phi) is 5.39. The van der Waals surface area contributed by atoms with Crippen molar-refractivity contribution >= 4 is 45.9 Å². The lowest BCUT2D eigenvalue weighted by molar-refractivity contribution is -0.116. The third kappa shape index (κ3) is 3.96. The Bertz CT molecular complexity index is 445. The molecule has 1 aromatic rings. The highest BCUT2D eigenvalue weighted by Crippen LogP contribution is 2.25. The number of rotatable bonds is 4. The van der Waals surface area contributed by atoms with Crippen LogP contribution in [0.5, 0.6) is 0 Å². The van der Waals surface area contributed by atoms with Gasteiger partial charge in [0.1, 0.15) is 5.38 Å². The number of alkyl halides is 1. The first kappa shape index (κ1) is 14.4. The highest BCUT2D eigenvalue weighted by Gasteiger charge is 2.16. The van der Waals surface area contributed by atoms with Crippen molar-refractivity contribution < 1.29 is 14.3 Å². The molecule has 0 aliphatic carbocycles. The molecule has 3 nitrogen and oxygen atoms in total. The zero-order valence-corrected chi connectivity index (χ0v) is 12.4. The van der Waals surface area contributed by atoms with E-state index in [0.29, 0.717) is 17.7 Å². The second kappa shape index (κ2) is 6.35. The van der Waals surface area contributed by atoms with Gasteiger partial charge in [-0.3, -0.25) is 4.79 Å². The molecule has 0 aliphatic heterocycles. The SMILES string of the molecule is CCOC(=O)c1cc(I)cc(C(Cl)C(C)=O)c1. The van der Waals surface area contributed by atoms with E-state index in [0.717, 1.165) is 3.57 Å². The number of hydrogen-bond donors (Lipinski definition) is 0. The molecule has 17 heavy (non-hydrogen) atoms. The fraction of sp³-hybridized carbons (Fsp3) is 0.333. The predicted molar refractivity (Wildman–Crippen MR) is 74.4 cm³/mol. The van der Waals surface area contributed by atoms with Crippen molar-refractivity contribution in [1.82, 2.24) is 0 Å². The number of ketones is 1. The van der Waals surface area contributed by atoms with E-state index in [9.17, 15) is 9.59 Å². The molecule has 0 aromatic heterocycles. The number of benzene rings is 1. The Balaban J connectivity index is 3.10. The number of halogens is 2. The van der Waals surface area contributed by atoms with Gasteiger partial charge in [0.15, 0.2) is 5.78 Å². The van der Waals surface area contributed by atoms with Gasteiger partial charge in [-0.05, 0) is 60.2 Å². The second-order valence-corrected chi connectivity index (χ2v) is 5.15. The van der Waals surface area contributed by atoms with E-state index in [1.807, 2.05) is 0 Å². The Morgan fingerprint density at radius 1 is 1.41 bits per heavy atom. The summed E-state index contributed by atoms with van der Waals surface area (Å²) in [5, 5.41) is -0.724. The highest BCUT2D eigenvalue weighted by atomic mass is 127. The molecule has 0 heterocycles. The predicted octanol–water partition coefficient (Wildman–Crippen LogP) is 3.34. The van der Waals surface area contributed by atoms with Crippen molar-refractivity contribution in [3.8, 4) is 0 Å². The number of carbonyl (C=O) groups excluding carboxylic acids is 2. The lowest BCUT2D eigenvalue weighted by atomic mass is 10.1. The number of hydrogen-bond acceptors (Lipinski definition) is 3. The maximum Gasteiger partial charge on any atom is 0.338 e. The molecule has 1 unspecified atom stereocenters. The average Bonchev–Trinajstić information content (AvgIpc) is 2.27. The van der Waals surface area contributed by atoms with Gasteiger partial charge in [-0.2, -0.15) is 0 Å². The van der Waals surface area contributed by atoms with Crippen molar-refractivity contribution in [2.45, 2.75) is 19.2 Å². The average molecular weight is 367 g/mol. The van der Waals surface area contributed by atoms with E-state index in [-0.39, 0.29) is 5.78 Å². The third-order valence-corrected chi connectivity index (χ3v) is 3.26. The topological polar surface area (TPSA) is 43.4 Å². The van der Waals surface area contributed by atoms with E-state index in [2.05, 4.69) is 22.6 Å². The van der Waals surface area contributed by atoms with Crippen LogP contribution in [0.2, 0.25) is 0 Å². The molecule has 0 amide bonds. The summed E-state index contributed by atoms with van der Waals surface area (Å²) in [5.41, 5.74) is 1.04. The first-order valence-electron chi connectivity index (χ1n) is 5.07. The first-order valence-corrected chi connectivity index (χ1v) is 6.59. The number of esters is 1. The number of Topliss-reactive ketones (excluding diaryl/α,β-unsaturated/α-hetero) is 1. The molecule has 5 heteroatoms. The molecule has 0 spiro atoms. The van der Waals surface area contributed by atoms with Crippen LogP contribution in [0.4, 0.5) is 0 Å². The summed E-state index contributed by atoms with van der Waals surface area (Å²) in [5.74, 6) is -0.553. The number of ether oxygens (including phenoxy) is 1. The van der Waals surface area contributed by atoms with Gasteiger partial charge in [-0.1, -0.05) is 0 Å². The standard InChI is InChI=1S/C12H12ClIO3/c1-3-17-12(16)9-4-8(5-10(14)6-9)11(13)7(2)15/h4-6,11H,3H2,1-2H3. The van der Waals surface area contributed by atoms with Crippen LogP contribution in [0, 0.1) is 3.57 Å². The highest BCUT2D eigenvalue weighted by molar-refractivity contribution is 14.1. The third-order valence-electron chi connectivity index (χ3n) is 2.08. The lowest BCUT2D eigenvalue weighted by Crippen LogP contribution is -2.08. The van der Waals surface area contributed by atoms with Crippen molar-refractivity contribution in [1.29, 1.82) is 0 Å². The van der Waals surface area contributed by atoms with Gasteiger partial charge in [0.05, 0.1) is 12.2 Å². The fourth-order valence-electron chi connectivity index (χ4n) is 1.33. The van der Waals surface area contributed by atoms with E-state index in [1.165, 1.54) is 6.92 Å². The lowest BCUT2D eigenvalue weighted by Gasteiger charge is -2.09. The van der Waals surface area contributed by atoms with Crippen LogP contribution in [0.1, 0.15) is 35.1 Å². The van der Waals surface area contributed by atoms with Crippen molar-refractivity contribution in [2.75, 3.05) is 6.61 Å². The molecule has 1 atom stereocenters. The molecule has 0 radical (unpaired) electrons. The zero-order valence-electron chi connectivity index (χ0n) is 9.50. The zero-order chi connectivity index (χ0) is 13.0. The Labute approximate surface area is 119 Å².